The lowest BCUT2D eigenvalue weighted by Crippen LogP contribution is -2.45. The van der Waals surface area contributed by atoms with Gasteiger partial charge in [-0.2, -0.15) is 0 Å². The molecular formula is C23H22N4O3. The Morgan fingerprint density at radius 1 is 1.03 bits per heavy atom. The number of likely N-dealkylation sites (tertiary alicyclic amines) is 1. The van der Waals surface area contributed by atoms with Crippen LogP contribution in [0.2, 0.25) is 0 Å². The molecule has 152 valence electrons. The second-order valence-corrected chi connectivity index (χ2v) is 7.35. The molecule has 2 aromatic carbocycles. The molecule has 7 nitrogen and oxygen atoms in total. The van der Waals surface area contributed by atoms with Crippen molar-refractivity contribution in [2.45, 2.75) is 19.4 Å². The van der Waals surface area contributed by atoms with E-state index in [9.17, 15) is 14.4 Å². The van der Waals surface area contributed by atoms with E-state index in [1.54, 1.807) is 35.4 Å². The summed E-state index contributed by atoms with van der Waals surface area (Å²) in [5.74, 6) is -1.39. The van der Waals surface area contributed by atoms with Crippen LogP contribution in [-0.4, -0.2) is 34.2 Å². The Bertz CT molecular complexity index is 1090. The maximum Gasteiger partial charge on any atom is 0.270 e. The number of hydrogen-bond acceptors (Lipinski definition) is 4. The molecule has 2 atom stereocenters. The Morgan fingerprint density at radius 2 is 1.83 bits per heavy atom. The van der Waals surface area contributed by atoms with Crippen molar-refractivity contribution in [3.05, 3.63) is 78.0 Å². The van der Waals surface area contributed by atoms with Crippen molar-refractivity contribution < 1.29 is 14.4 Å². The van der Waals surface area contributed by atoms with Gasteiger partial charge >= 0.3 is 0 Å². The summed E-state index contributed by atoms with van der Waals surface area (Å²) in [5, 5.41) is 0.700. The van der Waals surface area contributed by atoms with Crippen molar-refractivity contribution >= 4 is 28.6 Å². The number of amides is 3. The number of fused-ring (bicyclic) bond motifs is 1. The third kappa shape index (κ3) is 3.87. The van der Waals surface area contributed by atoms with Crippen molar-refractivity contribution in [2.24, 2.45) is 5.92 Å². The van der Waals surface area contributed by atoms with Gasteiger partial charge < -0.3 is 4.90 Å². The minimum atomic E-state index is -0.516. The van der Waals surface area contributed by atoms with Crippen LogP contribution in [0, 0.1) is 5.92 Å². The summed E-state index contributed by atoms with van der Waals surface area (Å²) in [6, 6.07) is 18.4. The monoisotopic (exact) mass is 402 g/mol. The molecule has 3 aromatic rings. The van der Waals surface area contributed by atoms with E-state index >= 15 is 0 Å². The van der Waals surface area contributed by atoms with Gasteiger partial charge in [-0.25, -0.2) is 0 Å². The molecule has 1 fully saturated rings. The number of rotatable bonds is 4. The highest BCUT2D eigenvalue weighted by atomic mass is 16.2. The summed E-state index contributed by atoms with van der Waals surface area (Å²) in [7, 11) is 0. The minimum absolute atomic E-state index is 0.0713. The summed E-state index contributed by atoms with van der Waals surface area (Å²) < 4.78 is 0. The average molecular weight is 402 g/mol. The lowest BCUT2D eigenvalue weighted by atomic mass is 10.1. The Balaban J connectivity index is 1.38. The molecule has 0 aliphatic carbocycles. The largest absolute Gasteiger partial charge is 0.335 e. The molecule has 0 saturated carbocycles. The van der Waals surface area contributed by atoms with Crippen LogP contribution in [0.5, 0.6) is 0 Å². The van der Waals surface area contributed by atoms with E-state index in [2.05, 4.69) is 15.8 Å². The molecule has 7 heteroatoms. The first-order chi connectivity index (χ1) is 14.5. The molecule has 2 unspecified atom stereocenters. The van der Waals surface area contributed by atoms with Crippen LogP contribution >= 0.6 is 0 Å². The lowest BCUT2D eigenvalue weighted by molar-refractivity contribution is -0.130. The van der Waals surface area contributed by atoms with Crippen molar-refractivity contribution in [3.8, 4) is 0 Å². The van der Waals surface area contributed by atoms with Gasteiger partial charge in [0.15, 0.2) is 0 Å². The van der Waals surface area contributed by atoms with E-state index in [1.807, 2.05) is 43.3 Å². The van der Waals surface area contributed by atoms with E-state index in [4.69, 9.17) is 0 Å². The summed E-state index contributed by atoms with van der Waals surface area (Å²) in [5.41, 5.74) is 7.07. The van der Waals surface area contributed by atoms with Crippen LogP contribution in [0.25, 0.3) is 10.9 Å². The van der Waals surface area contributed by atoms with E-state index in [0.29, 0.717) is 23.0 Å². The number of hydrogen-bond donors (Lipinski definition) is 2. The fourth-order valence-corrected chi connectivity index (χ4v) is 3.78. The lowest BCUT2D eigenvalue weighted by Gasteiger charge is -2.25. The van der Waals surface area contributed by atoms with Gasteiger partial charge in [-0.15, -0.1) is 0 Å². The zero-order valence-electron chi connectivity index (χ0n) is 16.5. The second kappa shape index (κ2) is 8.32. The first-order valence-corrected chi connectivity index (χ1v) is 9.83. The van der Waals surface area contributed by atoms with Crippen LogP contribution in [0.1, 0.15) is 35.3 Å². The number of aromatic nitrogens is 1. The molecule has 0 spiro atoms. The molecule has 0 radical (unpaired) electrons. The number of benzene rings is 2. The standard InChI is InChI=1S/C23H22N4O3/c1-15(16-7-3-2-4-8-16)27-14-17(13-21(27)28)22(29)25-26-23(30)19-9-5-11-20-18(19)10-6-12-24-20/h2-12,15,17H,13-14H2,1H3,(H,25,29)(H,26,30). The maximum absolute atomic E-state index is 12.6. The van der Waals surface area contributed by atoms with Gasteiger partial charge in [-0.3, -0.25) is 30.2 Å². The van der Waals surface area contributed by atoms with E-state index in [-0.39, 0.29) is 24.3 Å². The molecule has 1 aliphatic rings. The second-order valence-electron chi connectivity index (χ2n) is 7.35. The molecule has 3 amide bonds. The number of carbonyl (C=O) groups excluding carboxylic acids is 3. The quantitative estimate of drug-likeness (QED) is 0.657. The number of carbonyl (C=O) groups is 3. The third-order valence-electron chi connectivity index (χ3n) is 5.47. The molecule has 1 aliphatic heterocycles. The van der Waals surface area contributed by atoms with Gasteiger partial charge in [0, 0.05) is 24.5 Å². The van der Waals surface area contributed by atoms with Crippen molar-refractivity contribution in [3.63, 3.8) is 0 Å². The fourth-order valence-electron chi connectivity index (χ4n) is 3.78. The molecule has 2 N–H and O–H groups in total. The topological polar surface area (TPSA) is 91.4 Å². The number of nitrogens with zero attached hydrogens (tertiary/aromatic N) is 2. The number of hydrazine groups is 1. The van der Waals surface area contributed by atoms with Crippen molar-refractivity contribution in [1.29, 1.82) is 0 Å². The average Bonchev–Trinajstić information content (AvgIpc) is 3.18. The first kappa shape index (κ1) is 19.6. The Morgan fingerprint density at radius 3 is 2.63 bits per heavy atom. The Labute approximate surface area is 174 Å². The SMILES string of the molecule is CC(c1ccccc1)N1CC(C(=O)NNC(=O)c2cccc3ncccc23)CC1=O. The zero-order valence-corrected chi connectivity index (χ0v) is 16.5. The van der Waals surface area contributed by atoms with E-state index < -0.39 is 11.8 Å². The first-order valence-electron chi connectivity index (χ1n) is 9.83. The predicted molar refractivity (Wildman–Crippen MR) is 112 cm³/mol. The van der Waals surface area contributed by atoms with Gasteiger partial charge in [0.2, 0.25) is 11.8 Å². The Hall–Kier alpha value is -3.74. The molecule has 1 aromatic heterocycles. The Kier molecular flexibility index (Phi) is 5.43. The van der Waals surface area contributed by atoms with Gasteiger partial charge in [-0.05, 0) is 30.7 Å². The highest BCUT2D eigenvalue weighted by Gasteiger charge is 2.37. The molecular weight excluding hydrogens is 380 g/mol. The van der Waals surface area contributed by atoms with Crippen LogP contribution < -0.4 is 10.9 Å². The summed E-state index contributed by atoms with van der Waals surface area (Å²) >= 11 is 0. The van der Waals surface area contributed by atoms with Crippen LogP contribution in [0.15, 0.2) is 66.9 Å². The van der Waals surface area contributed by atoms with Crippen LogP contribution in [-0.2, 0) is 9.59 Å². The smallest absolute Gasteiger partial charge is 0.270 e. The molecule has 0 bridgehead atoms. The zero-order chi connectivity index (χ0) is 21.1. The molecule has 1 saturated heterocycles. The highest BCUT2D eigenvalue weighted by Crippen LogP contribution is 2.28. The van der Waals surface area contributed by atoms with E-state index in [1.165, 1.54) is 0 Å². The van der Waals surface area contributed by atoms with Crippen molar-refractivity contribution in [1.82, 2.24) is 20.7 Å². The minimum Gasteiger partial charge on any atom is -0.335 e. The van der Waals surface area contributed by atoms with Gasteiger partial charge in [0.1, 0.15) is 0 Å². The molecule has 4 rings (SSSR count). The van der Waals surface area contributed by atoms with Crippen molar-refractivity contribution in [2.75, 3.05) is 6.54 Å². The normalized spacial score (nSPS) is 17.0. The summed E-state index contributed by atoms with van der Waals surface area (Å²) in [6.07, 6.45) is 1.78. The van der Waals surface area contributed by atoms with Crippen LogP contribution in [0.3, 0.4) is 0 Å². The molecule has 30 heavy (non-hydrogen) atoms. The molecule has 2 heterocycles. The van der Waals surface area contributed by atoms with E-state index in [0.717, 1.165) is 5.56 Å². The highest BCUT2D eigenvalue weighted by molar-refractivity contribution is 6.06. The maximum atomic E-state index is 12.6. The summed E-state index contributed by atoms with van der Waals surface area (Å²) in [6.45, 7) is 2.26. The number of nitrogens with one attached hydrogen (secondary N) is 2. The van der Waals surface area contributed by atoms with Gasteiger partial charge in [0.25, 0.3) is 5.91 Å². The third-order valence-corrected chi connectivity index (χ3v) is 5.47. The number of pyridine rings is 1. The van der Waals surface area contributed by atoms with Crippen LogP contribution in [0.4, 0.5) is 0 Å². The van der Waals surface area contributed by atoms with Gasteiger partial charge in [0.05, 0.1) is 23.0 Å². The summed E-state index contributed by atoms with van der Waals surface area (Å²) in [4.78, 5) is 43.5. The van der Waals surface area contributed by atoms with Gasteiger partial charge in [-0.1, -0.05) is 42.5 Å². The predicted octanol–water partition coefficient (Wildman–Crippen LogP) is 2.61. The fraction of sp³-hybridized carbons (Fsp3) is 0.217.